The zero-order chi connectivity index (χ0) is 20.0. The normalized spacial score (nSPS) is 12.8. The van der Waals surface area contributed by atoms with Crippen LogP contribution in [0.25, 0.3) is 0 Å². The molecule has 1 unspecified atom stereocenters. The fourth-order valence-electron chi connectivity index (χ4n) is 2.94. The number of rotatable bonds is 8. The Morgan fingerprint density at radius 2 is 1.78 bits per heavy atom. The van der Waals surface area contributed by atoms with Crippen LogP contribution in [0.1, 0.15) is 35.8 Å². The van der Waals surface area contributed by atoms with Gasteiger partial charge in [-0.3, -0.25) is 9.69 Å². The van der Waals surface area contributed by atoms with Crippen LogP contribution >= 0.6 is 15.9 Å². The second kappa shape index (κ2) is 9.45. The van der Waals surface area contributed by atoms with Crippen LogP contribution in [0.4, 0.5) is 0 Å². The maximum atomic E-state index is 12.7. The van der Waals surface area contributed by atoms with Gasteiger partial charge in [-0.15, -0.1) is 0 Å². The maximum Gasteiger partial charge on any atom is 0.252 e. The summed E-state index contributed by atoms with van der Waals surface area (Å²) in [5.74, 6) is -0.361. The smallest absolute Gasteiger partial charge is 0.252 e. The maximum absolute atomic E-state index is 12.7. The first-order valence-electron chi connectivity index (χ1n) is 8.67. The molecule has 0 bridgehead atoms. The van der Waals surface area contributed by atoms with Crippen LogP contribution in [0.15, 0.2) is 57.9 Å². The Hall–Kier alpha value is -1.74. The van der Waals surface area contributed by atoms with E-state index < -0.39 is 10.0 Å². The highest BCUT2D eigenvalue weighted by Gasteiger charge is 2.20. The van der Waals surface area contributed by atoms with Crippen molar-refractivity contribution in [2.75, 3.05) is 19.6 Å². The number of nitrogens with one attached hydrogen (secondary N) is 1. The first-order chi connectivity index (χ1) is 12.8. The van der Waals surface area contributed by atoms with Crippen molar-refractivity contribution in [3.8, 4) is 0 Å². The predicted octanol–water partition coefficient (Wildman–Crippen LogP) is 2.91. The average Bonchev–Trinajstić information content (AvgIpc) is 2.65. The third-order valence-electron chi connectivity index (χ3n) is 4.40. The van der Waals surface area contributed by atoms with E-state index in [0.29, 0.717) is 11.0 Å². The first-order valence-corrected chi connectivity index (χ1v) is 11.0. The third-order valence-corrected chi connectivity index (χ3v) is 6.01. The van der Waals surface area contributed by atoms with Crippen LogP contribution in [-0.4, -0.2) is 38.9 Å². The van der Waals surface area contributed by atoms with Crippen molar-refractivity contribution in [1.82, 2.24) is 10.2 Å². The van der Waals surface area contributed by atoms with E-state index in [1.54, 1.807) is 0 Å². The van der Waals surface area contributed by atoms with E-state index in [0.717, 1.165) is 18.7 Å². The molecule has 0 saturated carbocycles. The molecule has 0 aromatic heterocycles. The molecule has 2 aromatic carbocycles. The lowest BCUT2D eigenvalue weighted by Gasteiger charge is -2.30. The quantitative estimate of drug-likeness (QED) is 0.642. The largest absolute Gasteiger partial charge is 0.350 e. The van der Waals surface area contributed by atoms with Gasteiger partial charge >= 0.3 is 0 Å². The number of carbonyl (C=O) groups is 1. The van der Waals surface area contributed by atoms with E-state index in [2.05, 4.69) is 40.0 Å². The van der Waals surface area contributed by atoms with Crippen LogP contribution in [0.3, 0.4) is 0 Å². The molecule has 0 spiro atoms. The summed E-state index contributed by atoms with van der Waals surface area (Å²) >= 11 is 3.30. The first kappa shape index (κ1) is 21.6. The molecule has 2 aromatic rings. The van der Waals surface area contributed by atoms with Crippen molar-refractivity contribution in [1.29, 1.82) is 0 Å². The van der Waals surface area contributed by atoms with Crippen LogP contribution in [-0.2, 0) is 10.0 Å². The molecular weight excluding hydrogens is 430 g/mol. The molecule has 0 radical (unpaired) electrons. The number of likely N-dealkylation sites (N-methyl/N-ethyl adjacent to an activating group) is 1. The molecule has 27 heavy (non-hydrogen) atoms. The van der Waals surface area contributed by atoms with Crippen molar-refractivity contribution in [2.24, 2.45) is 5.14 Å². The number of nitrogens with zero attached hydrogens (tertiary/aromatic N) is 1. The van der Waals surface area contributed by atoms with Gasteiger partial charge in [0.25, 0.3) is 5.91 Å². The number of halogens is 1. The van der Waals surface area contributed by atoms with Crippen molar-refractivity contribution in [3.63, 3.8) is 0 Å². The Kier molecular flexibility index (Phi) is 7.55. The lowest BCUT2D eigenvalue weighted by molar-refractivity contribution is 0.0934. The number of sulfonamides is 1. The van der Waals surface area contributed by atoms with Gasteiger partial charge in [0.1, 0.15) is 0 Å². The van der Waals surface area contributed by atoms with Gasteiger partial charge < -0.3 is 5.32 Å². The van der Waals surface area contributed by atoms with E-state index in [4.69, 9.17) is 5.14 Å². The Morgan fingerprint density at radius 1 is 1.15 bits per heavy atom. The number of nitrogens with two attached hydrogens (primary N) is 1. The lowest BCUT2D eigenvalue weighted by Crippen LogP contribution is -2.38. The number of hydrogen-bond acceptors (Lipinski definition) is 4. The molecule has 2 rings (SSSR count). The second-order valence-corrected chi connectivity index (χ2v) is 8.46. The van der Waals surface area contributed by atoms with Gasteiger partial charge in [0.2, 0.25) is 10.0 Å². The van der Waals surface area contributed by atoms with E-state index in [1.807, 2.05) is 30.3 Å². The van der Waals surface area contributed by atoms with Crippen molar-refractivity contribution < 1.29 is 13.2 Å². The summed E-state index contributed by atoms with van der Waals surface area (Å²) in [4.78, 5) is 14.8. The molecule has 3 N–H and O–H groups in total. The monoisotopic (exact) mass is 453 g/mol. The summed E-state index contributed by atoms with van der Waals surface area (Å²) in [5, 5.41) is 8.09. The topological polar surface area (TPSA) is 92.5 Å². The van der Waals surface area contributed by atoms with Gasteiger partial charge in [0.05, 0.1) is 16.5 Å². The van der Waals surface area contributed by atoms with Crippen LogP contribution in [0, 0.1) is 0 Å². The molecule has 0 aliphatic heterocycles. The van der Waals surface area contributed by atoms with Gasteiger partial charge in [-0.1, -0.05) is 44.2 Å². The fourth-order valence-corrected chi connectivity index (χ4v) is 3.90. The molecule has 0 fully saturated rings. The zero-order valence-corrected chi connectivity index (χ0v) is 17.8. The molecule has 146 valence electrons. The Morgan fingerprint density at radius 3 is 2.33 bits per heavy atom. The Bertz CT molecular complexity index is 884. The van der Waals surface area contributed by atoms with Gasteiger partial charge in [0.15, 0.2) is 0 Å². The van der Waals surface area contributed by atoms with E-state index >= 15 is 0 Å². The molecule has 6 nitrogen and oxygen atoms in total. The van der Waals surface area contributed by atoms with Gasteiger partial charge in [0, 0.05) is 11.0 Å². The number of amides is 1. The molecule has 0 heterocycles. The number of primary sulfonamides is 1. The minimum Gasteiger partial charge on any atom is -0.350 e. The highest BCUT2D eigenvalue weighted by atomic mass is 79.9. The summed E-state index contributed by atoms with van der Waals surface area (Å²) < 4.78 is 23.6. The van der Waals surface area contributed by atoms with Crippen molar-refractivity contribution >= 4 is 31.9 Å². The molecule has 8 heteroatoms. The van der Waals surface area contributed by atoms with Crippen LogP contribution < -0.4 is 10.5 Å². The van der Waals surface area contributed by atoms with E-state index in [-0.39, 0.29) is 22.4 Å². The SMILES string of the molecule is CCN(CC)C(CNC(=O)c1cc(S(N)(=O)=O)ccc1Br)c1ccccc1. The van der Waals surface area contributed by atoms with Crippen LogP contribution in [0.2, 0.25) is 0 Å². The summed E-state index contributed by atoms with van der Waals surface area (Å²) in [5.41, 5.74) is 1.34. The number of hydrogen-bond donors (Lipinski definition) is 2. The number of carbonyl (C=O) groups excluding carboxylic acids is 1. The molecular formula is C19H24BrN3O3S. The summed E-state index contributed by atoms with van der Waals surface area (Å²) in [6.07, 6.45) is 0. The Labute approximate surface area is 168 Å². The standard InChI is InChI=1S/C19H24BrN3O3S/c1-3-23(4-2)18(14-8-6-5-7-9-14)13-22-19(24)16-12-15(27(21,25)26)10-11-17(16)20/h5-12,18H,3-4,13H2,1-2H3,(H,22,24)(H2,21,25,26). The lowest BCUT2D eigenvalue weighted by atomic mass is 10.0. The highest BCUT2D eigenvalue weighted by Crippen LogP contribution is 2.22. The molecule has 0 aliphatic rings. The summed E-state index contributed by atoms with van der Waals surface area (Å²) in [6, 6.07) is 14.1. The molecule has 0 saturated heterocycles. The minimum atomic E-state index is -3.88. The van der Waals surface area contributed by atoms with Gasteiger partial charge in [-0.2, -0.15) is 0 Å². The van der Waals surface area contributed by atoms with Crippen molar-refractivity contribution in [2.45, 2.75) is 24.8 Å². The Balaban J connectivity index is 2.23. The van der Waals surface area contributed by atoms with Crippen molar-refractivity contribution in [3.05, 3.63) is 64.1 Å². The zero-order valence-electron chi connectivity index (χ0n) is 15.4. The molecule has 1 atom stereocenters. The second-order valence-electron chi connectivity index (χ2n) is 6.04. The third kappa shape index (κ3) is 5.62. The van der Waals surface area contributed by atoms with E-state index in [9.17, 15) is 13.2 Å². The number of benzene rings is 2. The summed E-state index contributed by atoms with van der Waals surface area (Å²) in [6.45, 7) is 6.24. The predicted molar refractivity (Wildman–Crippen MR) is 110 cm³/mol. The summed E-state index contributed by atoms with van der Waals surface area (Å²) in [7, 11) is -3.88. The average molecular weight is 454 g/mol. The van der Waals surface area contributed by atoms with E-state index in [1.165, 1.54) is 18.2 Å². The van der Waals surface area contributed by atoms with Crippen LogP contribution in [0.5, 0.6) is 0 Å². The molecule has 1 amide bonds. The van der Waals surface area contributed by atoms with Gasteiger partial charge in [-0.25, -0.2) is 13.6 Å². The van der Waals surface area contributed by atoms with Gasteiger partial charge in [-0.05, 0) is 52.8 Å². The minimum absolute atomic E-state index is 0.0188. The molecule has 0 aliphatic carbocycles. The fraction of sp³-hybridized carbons (Fsp3) is 0.316. The highest BCUT2D eigenvalue weighted by molar-refractivity contribution is 9.10.